The van der Waals surface area contributed by atoms with E-state index >= 15 is 0 Å². The number of urea groups is 1. The van der Waals surface area contributed by atoms with Crippen LogP contribution in [0.25, 0.3) is 0 Å². The van der Waals surface area contributed by atoms with Crippen LogP contribution in [0.4, 0.5) is 4.79 Å². The van der Waals surface area contributed by atoms with Crippen LogP contribution >= 0.6 is 11.3 Å². The number of amides is 2. The Morgan fingerprint density at radius 1 is 1.21 bits per heavy atom. The highest BCUT2D eigenvalue weighted by Crippen LogP contribution is 2.30. The second-order valence-electron chi connectivity index (χ2n) is 5.52. The Labute approximate surface area is 146 Å². The summed E-state index contributed by atoms with van der Waals surface area (Å²) in [6.45, 7) is 4.96. The number of ether oxygens (including phenoxy) is 2. The van der Waals surface area contributed by atoms with Crippen LogP contribution < -0.4 is 20.1 Å². The normalized spacial score (nSPS) is 10.5. The molecule has 1 aromatic carbocycles. The van der Waals surface area contributed by atoms with Gasteiger partial charge in [-0.1, -0.05) is 26.0 Å². The molecule has 24 heavy (non-hydrogen) atoms. The third-order valence-electron chi connectivity index (χ3n) is 3.42. The lowest BCUT2D eigenvalue weighted by Gasteiger charge is -2.13. The number of thiazole rings is 1. The number of nitrogens with one attached hydrogen (secondary N) is 2. The number of hydrogen-bond donors (Lipinski definition) is 2. The van der Waals surface area contributed by atoms with Crippen LogP contribution in [-0.4, -0.2) is 25.2 Å². The fourth-order valence-corrected chi connectivity index (χ4v) is 3.01. The third kappa shape index (κ3) is 4.61. The van der Waals surface area contributed by atoms with Crippen molar-refractivity contribution in [2.24, 2.45) is 0 Å². The first-order valence-corrected chi connectivity index (χ1v) is 8.59. The number of methoxy groups -OCH3 is 2. The van der Waals surface area contributed by atoms with Gasteiger partial charge in [-0.3, -0.25) is 0 Å². The zero-order valence-electron chi connectivity index (χ0n) is 14.4. The number of aromatic nitrogens is 1. The summed E-state index contributed by atoms with van der Waals surface area (Å²) in [6.07, 6.45) is 0. The summed E-state index contributed by atoms with van der Waals surface area (Å²) in [5.41, 5.74) is 1.72. The molecule has 2 amide bonds. The van der Waals surface area contributed by atoms with Gasteiger partial charge >= 0.3 is 6.03 Å². The van der Waals surface area contributed by atoms with Crippen molar-refractivity contribution in [3.05, 3.63) is 39.8 Å². The summed E-state index contributed by atoms with van der Waals surface area (Å²) in [4.78, 5) is 16.5. The van der Waals surface area contributed by atoms with E-state index in [2.05, 4.69) is 29.5 Å². The van der Waals surface area contributed by atoms with E-state index in [4.69, 9.17) is 9.47 Å². The SMILES string of the molecule is COc1cccc(CNC(=O)NCc2csc(C(C)C)n2)c1OC. The molecule has 0 aliphatic carbocycles. The van der Waals surface area contributed by atoms with Gasteiger partial charge < -0.3 is 20.1 Å². The van der Waals surface area contributed by atoms with Crippen LogP contribution in [-0.2, 0) is 13.1 Å². The Bertz CT molecular complexity index is 685. The maximum Gasteiger partial charge on any atom is 0.315 e. The predicted molar refractivity (Wildman–Crippen MR) is 94.8 cm³/mol. The van der Waals surface area contributed by atoms with Gasteiger partial charge in [0.2, 0.25) is 0 Å². The van der Waals surface area contributed by atoms with Gasteiger partial charge in [-0.05, 0) is 6.07 Å². The Morgan fingerprint density at radius 3 is 2.58 bits per heavy atom. The van der Waals surface area contributed by atoms with Gasteiger partial charge in [0.15, 0.2) is 11.5 Å². The van der Waals surface area contributed by atoms with Crippen LogP contribution in [0.5, 0.6) is 11.5 Å². The van der Waals surface area contributed by atoms with Crippen molar-refractivity contribution in [3.63, 3.8) is 0 Å². The van der Waals surface area contributed by atoms with E-state index in [-0.39, 0.29) is 6.03 Å². The Balaban J connectivity index is 1.87. The van der Waals surface area contributed by atoms with Crippen molar-refractivity contribution in [1.82, 2.24) is 15.6 Å². The van der Waals surface area contributed by atoms with E-state index in [0.717, 1.165) is 16.3 Å². The Kier molecular flexibility index (Phi) is 6.43. The molecule has 0 aliphatic rings. The zero-order valence-corrected chi connectivity index (χ0v) is 15.2. The van der Waals surface area contributed by atoms with Crippen molar-refractivity contribution in [3.8, 4) is 11.5 Å². The summed E-state index contributed by atoms with van der Waals surface area (Å²) >= 11 is 1.62. The van der Waals surface area contributed by atoms with Crippen molar-refractivity contribution < 1.29 is 14.3 Å². The molecule has 2 rings (SSSR count). The predicted octanol–water partition coefficient (Wildman–Crippen LogP) is 3.28. The molecule has 1 aromatic heterocycles. The van der Waals surface area contributed by atoms with Gasteiger partial charge in [0, 0.05) is 23.4 Å². The molecule has 0 aliphatic heterocycles. The minimum Gasteiger partial charge on any atom is -0.493 e. The molecule has 0 fully saturated rings. The molecule has 0 saturated carbocycles. The quantitative estimate of drug-likeness (QED) is 0.804. The van der Waals surface area contributed by atoms with E-state index in [1.165, 1.54) is 0 Å². The Morgan fingerprint density at radius 2 is 1.96 bits per heavy atom. The number of benzene rings is 1. The number of nitrogens with zero attached hydrogens (tertiary/aromatic N) is 1. The number of carbonyl (C=O) groups excluding carboxylic acids is 1. The number of rotatable bonds is 7. The summed E-state index contributed by atoms with van der Waals surface area (Å²) < 4.78 is 10.6. The van der Waals surface area contributed by atoms with Gasteiger partial charge in [-0.2, -0.15) is 0 Å². The largest absolute Gasteiger partial charge is 0.493 e. The summed E-state index contributed by atoms with van der Waals surface area (Å²) in [6, 6.07) is 5.31. The van der Waals surface area contributed by atoms with E-state index in [9.17, 15) is 4.79 Å². The summed E-state index contributed by atoms with van der Waals surface area (Å²) in [5.74, 6) is 1.67. The summed E-state index contributed by atoms with van der Waals surface area (Å²) in [5, 5.41) is 8.67. The van der Waals surface area contributed by atoms with Gasteiger partial charge in [-0.15, -0.1) is 11.3 Å². The molecular weight excluding hydrogens is 326 g/mol. The van der Waals surface area contributed by atoms with E-state index in [0.29, 0.717) is 30.5 Å². The zero-order chi connectivity index (χ0) is 17.5. The first-order valence-electron chi connectivity index (χ1n) is 7.71. The molecule has 130 valence electrons. The first kappa shape index (κ1) is 18.1. The highest BCUT2D eigenvalue weighted by Gasteiger charge is 2.11. The van der Waals surface area contributed by atoms with Gasteiger partial charge in [0.05, 0.1) is 31.5 Å². The minimum atomic E-state index is -0.251. The molecule has 6 nitrogen and oxygen atoms in total. The van der Waals surface area contributed by atoms with Crippen molar-refractivity contribution in [2.45, 2.75) is 32.9 Å². The van der Waals surface area contributed by atoms with Gasteiger partial charge in [0.1, 0.15) is 0 Å². The fraction of sp³-hybridized carbons (Fsp3) is 0.412. The number of para-hydroxylation sites is 1. The maximum absolute atomic E-state index is 12.0. The highest BCUT2D eigenvalue weighted by atomic mass is 32.1. The first-order chi connectivity index (χ1) is 11.5. The maximum atomic E-state index is 12.0. The number of hydrogen-bond acceptors (Lipinski definition) is 5. The van der Waals surface area contributed by atoms with Crippen molar-refractivity contribution in [1.29, 1.82) is 0 Å². The molecule has 0 atom stereocenters. The molecule has 0 unspecified atom stereocenters. The lowest BCUT2D eigenvalue weighted by Crippen LogP contribution is -2.34. The number of carbonyl (C=O) groups is 1. The highest BCUT2D eigenvalue weighted by molar-refractivity contribution is 7.09. The molecule has 2 aromatic rings. The van der Waals surface area contributed by atoms with Crippen LogP contribution in [0.1, 0.15) is 36.0 Å². The molecular formula is C17H23N3O3S. The lowest BCUT2D eigenvalue weighted by molar-refractivity contribution is 0.240. The Hall–Kier alpha value is -2.28. The molecule has 1 heterocycles. The molecule has 0 saturated heterocycles. The average Bonchev–Trinajstić information content (AvgIpc) is 3.06. The van der Waals surface area contributed by atoms with E-state index < -0.39 is 0 Å². The van der Waals surface area contributed by atoms with E-state index in [1.807, 2.05) is 23.6 Å². The van der Waals surface area contributed by atoms with Crippen molar-refractivity contribution >= 4 is 17.4 Å². The standard InChI is InChI=1S/C17H23N3O3S/c1-11(2)16-20-13(10-24-16)9-19-17(21)18-8-12-6-5-7-14(22-3)15(12)23-4/h5-7,10-11H,8-9H2,1-4H3,(H2,18,19,21). The van der Waals surface area contributed by atoms with Crippen molar-refractivity contribution in [2.75, 3.05) is 14.2 Å². The fourth-order valence-electron chi connectivity index (χ4n) is 2.17. The second-order valence-corrected chi connectivity index (χ2v) is 6.41. The molecule has 7 heteroatoms. The smallest absolute Gasteiger partial charge is 0.315 e. The second kappa shape index (κ2) is 8.54. The molecule has 0 radical (unpaired) electrons. The van der Waals surface area contributed by atoms with Gasteiger partial charge in [-0.25, -0.2) is 9.78 Å². The molecule has 0 bridgehead atoms. The minimum absolute atomic E-state index is 0.251. The lowest BCUT2D eigenvalue weighted by atomic mass is 10.2. The van der Waals surface area contributed by atoms with Crippen LogP contribution in [0, 0.1) is 0 Å². The summed E-state index contributed by atoms with van der Waals surface area (Å²) in [7, 11) is 3.16. The van der Waals surface area contributed by atoms with E-state index in [1.54, 1.807) is 25.6 Å². The molecule has 0 spiro atoms. The monoisotopic (exact) mass is 349 g/mol. The van der Waals surface area contributed by atoms with Crippen LogP contribution in [0.3, 0.4) is 0 Å². The third-order valence-corrected chi connectivity index (χ3v) is 4.61. The topological polar surface area (TPSA) is 72.5 Å². The van der Waals surface area contributed by atoms with Crippen LogP contribution in [0.15, 0.2) is 23.6 Å². The molecule has 2 N–H and O–H groups in total. The van der Waals surface area contributed by atoms with Gasteiger partial charge in [0.25, 0.3) is 0 Å². The van der Waals surface area contributed by atoms with Crippen LogP contribution in [0.2, 0.25) is 0 Å². The average molecular weight is 349 g/mol.